The Morgan fingerprint density at radius 3 is 0.453 bits per heavy atom. The van der Waals surface area contributed by atoms with Crippen molar-refractivity contribution in [1.82, 2.24) is 0 Å². The highest BCUT2D eigenvalue weighted by molar-refractivity contribution is 7.80. The van der Waals surface area contributed by atoms with Crippen LogP contribution in [-0.2, 0) is 0 Å². The van der Waals surface area contributed by atoms with Gasteiger partial charge in [-0.2, -0.15) is 0 Å². The maximum absolute atomic E-state index is 6.30. The molecule has 86 heavy (non-hydrogen) atoms. The Hall–Kier alpha value is -5.80. The second kappa shape index (κ2) is 41.4. The average Bonchev–Trinajstić information content (AvgIpc) is 3.37. The van der Waals surface area contributed by atoms with Crippen molar-refractivity contribution >= 4 is 47.7 Å². The van der Waals surface area contributed by atoms with Gasteiger partial charge < -0.3 is 28.4 Å². The fourth-order valence-corrected chi connectivity index (χ4v) is 15.7. The molecule has 0 fully saturated rings. The van der Waals surface area contributed by atoms with Crippen LogP contribution in [0.1, 0.15) is 193 Å². The first-order chi connectivity index (χ1) is 42.7. The van der Waals surface area contributed by atoms with Crippen molar-refractivity contribution in [2.45, 2.75) is 193 Å². The minimum Gasteiger partial charge on any atom is -0.494 e. The highest BCUT2D eigenvalue weighted by atomic mass is 31.1. The van der Waals surface area contributed by atoms with E-state index in [4.69, 9.17) is 28.4 Å². The van der Waals surface area contributed by atoms with Gasteiger partial charge in [-0.25, -0.2) is 0 Å². The van der Waals surface area contributed by atoms with Crippen molar-refractivity contribution in [2.75, 3.05) is 39.6 Å². The number of allylic oxidation sites excluding steroid dienone is 6. The Kier molecular flexibility index (Phi) is 31.8. The summed E-state index contributed by atoms with van der Waals surface area (Å²) in [6, 6.07) is 53.3. The van der Waals surface area contributed by atoms with Gasteiger partial charge in [0.2, 0.25) is 0 Å². The van der Waals surface area contributed by atoms with Crippen LogP contribution in [0.4, 0.5) is 0 Å². The molecule has 0 N–H and O–H groups in total. The largest absolute Gasteiger partial charge is 0.494 e. The number of hydrogen-bond acceptors (Lipinski definition) is 6. The van der Waals surface area contributed by atoms with Gasteiger partial charge in [0.25, 0.3) is 0 Å². The zero-order valence-corrected chi connectivity index (χ0v) is 53.9. The maximum Gasteiger partial charge on any atom is 0.119 e. The number of benzene rings is 6. The zero-order valence-electron chi connectivity index (χ0n) is 52.1. The average molecular weight is 1200 g/mol. The molecule has 8 heteroatoms. The molecule has 460 valence electrons. The molecule has 0 aliphatic carbocycles. The summed E-state index contributed by atoms with van der Waals surface area (Å²) in [4.78, 5) is 0. The quantitative estimate of drug-likeness (QED) is 0.112. The molecule has 0 saturated heterocycles. The molecule has 0 amide bonds. The van der Waals surface area contributed by atoms with Gasteiger partial charge in [0.15, 0.2) is 0 Å². The van der Waals surface area contributed by atoms with Crippen LogP contribution in [0, 0.1) is 0 Å². The smallest absolute Gasteiger partial charge is 0.119 e. The molecule has 0 unspecified atom stereocenters. The first-order valence-corrected chi connectivity index (χ1v) is 36.4. The summed E-state index contributed by atoms with van der Waals surface area (Å²) in [5, 5.41) is 7.83. The van der Waals surface area contributed by atoms with Gasteiger partial charge in [-0.15, -0.1) is 0 Å². The molecule has 0 spiro atoms. The summed E-state index contributed by atoms with van der Waals surface area (Å²) in [7, 11) is -1.60. The van der Waals surface area contributed by atoms with E-state index in [0.717, 1.165) is 151 Å². The van der Waals surface area contributed by atoms with E-state index in [1.54, 1.807) is 0 Å². The van der Waals surface area contributed by atoms with Crippen LogP contribution >= 0.6 is 15.8 Å². The summed E-state index contributed by atoms with van der Waals surface area (Å²) in [6.07, 6.45) is 49.7. The van der Waals surface area contributed by atoms with Gasteiger partial charge in [0, 0.05) is 0 Å². The number of rotatable bonds is 0. The van der Waals surface area contributed by atoms with Crippen LogP contribution in [-0.4, -0.2) is 39.6 Å². The van der Waals surface area contributed by atoms with E-state index in [9.17, 15) is 0 Å². The van der Waals surface area contributed by atoms with Crippen LogP contribution in [0.2, 0.25) is 0 Å². The normalized spacial score (nSPS) is 19.5. The summed E-state index contributed by atoms with van der Waals surface area (Å²) in [6.45, 7) is 4.49. The Morgan fingerprint density at radius 1 is 0.163 bits per heavy atom. The second-order valence-electron chi connectivity index (χ2n) is 23.4. The molecule has 6 aromatic rings. The Morgan fingerprint density at radius 2 is 0.302 bits per heavy atom. The summed E-state index contributed by atoms with van der Waals surface area (Å²) >= 11 is 0. The molecule has 21 aliphatic rings. The Balaban J connectivity index is 0.912. The zero-order chi connectivity index (χ0) is 59.0. The van der Waals surface area contributed by atoms with Gasteiger partial charge >= 0.3 is 0 Å². The molecular formula is C78H102O6P2. The highest BCUT2D eigenvalue weighted by Gasteiger charge is 2.20. The van der Waals surface area contributed by atoms with E-state index in [0.29, 0.717) is 0 Å². The monoisotopic (exact) mass is 1200 g/mol. The molecular weight excluding hydrogens is 1090 g/mol. The highest BCUT2D eigenvalue weighted by Crippen LogP contribution is 2.37. The van der Waals surface area contributed by atoms with Crippen molar-refractivity contribution in [3.63, 3.8) is 0 Å². The molecule has 14 bridgehead atoms. The van der Waals surface area contributed by atoms with Crippen LogP contribution in [0.25, 0.3) is 0 Å². The van der Waals surface area contributed by atoms with E-state index >= 15 is 0 Å². The molecule has 0 saturated carbocycles. The Bertz CT molecular complexity index is 2280. The van der Waals surface area contributed by atoms with Crippen molar-refractivity contribution < 1.29 is 28.4 Å². The summed E-state index contributed by atoms with van der Waals surface area (Å²) in [5.41, 5.74) is 0. The third kappa shape index (κ3) is 25.5. The standard InChI is InChI=1S/C78H102O6P2/c1-2-8-14-20-26-32-62-80-68-39-51-74(52-40-68)86-77-57-45-71(46-58-77)83-65-35-29-23-17-11-5-3-9-15-21-27-33-63-81-69-41-53-75(54-42-69)85(73-49-37-67(38-50-73)79-61-31-25-19-13-7-1)76-55-43-70(44-56-76)82-64-34-28-22-16-10-4-6-12-18-24-30-36-66-84-72-47-59-78(86)60-48-72/h1-6,37-60H,7-36,61-66H2. The van der Waals surface area contributed by atoms with Crippen LogP contribution in [0.15, 0.2) is 182 Å². The van der Waals surface area contributed by atoms with Gasteiger partial charge in [0.1, 0.15) is 34.5 Å². The van der Waals surface area contributed by atoms with E-state index in [1.807, 2.05) is 0 Å². The predicted molar refractivity (Wildman–Crippen MR) is 369 cm³/mol. The van der Waals surface area contributed by atoms with E-state index in [1.165, 1.54) is 147 Å². The van der Waals surface area contributed by atoms with Gasteiger partial charge in [-0.05, 0) is 236 Å². The predicted octanol–water partition coefficient (Wildman–Crippen LogP) is 19.6. The first-order valence-electron chi connectivity index (χ1n) is 33.7. The van der Waals surface area contributed by atoms with Crippen LogP contribution < -0.4 is 60.2 Å². The first kappa shape index (κ1) is 66.2. The van der Waals surface area contributed by atoms with E-state index in [2.05, 4.69) is 182 Å². The van der Waals surface area contributed by atoms with Gasteiger partial charge in [-0.3, -0.25) is 0 Å². The molecule has 21 aliphatic heterocycles. The summed E-state index contributed by atoms with van der Waals surface area (Å²) in [5.74, 6) is 5.66. The third-order valence-corrected chi connectivity index (χ3v) is 21.2. The summed E-state index contributed by atoms with van der Waals surface area (Å²) < 4.78 is 37.8. The van der Waals surface area contributed by atoms with Crippen molar-refractivity contribution in [3.8, 4) is 34.5 Å². The number of hydrogen-bond donors (Lipinski definition) is 0. The SMILES string of the molecule is C1=CCCCCCCOc2ccc(cc2)P2c3ccc(cc3)OCCCCCCC=CCCCCCCOc3ccc(cc3)P(c3ccc(cc3)OCCCCCC1)c1ccc(cc1)OCCCCCCC=CCCCCCCOc1ccc2cc1. The lowest BCUT2D eigenvalue weighted by molar-refractivity contribution is 0.304. The minimum atomic E-state index is -0.802. The van der Waals surface area contributed by atoms with Crippen LogP contribution in [0.3, 0.4) is 0 Å². The molecule has 0 aromatic heterocycles. The van der Waals surface area contributed by atoms with Crippen LogP contribution in [0.5, 0.6) is 34.5 Å². The molecule has 0 radical (unpaired) electrons. The third-order valence-electron chi connectivity index (χ3n) is 16.3. The fourth-order valence-electron chi connectivity index (χ4n) is 11.2. The van der Waals surface area contributed by atoms with E-state index < -0.39 is 15.8 Å². The maximum atomic E-state index is 6.30. The minimum absolute atomic E-state index is 0.748. The van der Waals surface area contributed by atoms with Crippen molar-refractivity contribution in [2.24, 2.45) is 0 Å². The van der Waals surface area contributed by atoms with Crippen molar-refractivity contribution in [1.29, 1.82) is 0 Å². The molecule has 6 aromatic carbocycles. The second-order valence-corrected chi connectivity index (χ2v) is 27.8. The lowest BCUT2D eigenvalue weighted by atomic mass is 10.1. The Labute approximate surface area is 522 Å². The van der Waals surface area contributed by atoms with E-state index in [-0.39, 0.29) is 0 Å². The van der Waals surface area contributed by atoms with Gasteiger partial charge in [-0.1, -0.05) is 186 Å². The molecule has 6 nitrogen and oxygen atoms in total. The van der Waals surface area contributed by atoms with Crippen molar-refractivity contribution in [3.05, 3.63) is 182 Å². The lowest BCUT2D eigenvalue weighted by Gasteiger charge is -2.20. The molecule has 27 rings (SSSR count). The lowest BCUT2D eigenvalue weighted by Crippen LogP contribution is -2.20. The number of ether oxygens (including phenoxy) is 6. The topological polar surface area (TPSA) is 55.4 Å². The molecule has 0 atom stereocenters. The van der Waals surface area contributed by atoms with Gasteiger partial charge in [0.05, 0.1) is 39.6 Å². The molecule has 21 heterocycles. The fraction of sp³-hybridized carbons (Fsp3) is 0.462.